The number of rotatable bonds is 6. The van der Waals surface area contributed by atoms with Crippen molar-refractivity contribution in [3.05, 3.63) is 51.9 Å². The Morgan fingerprint density at radius 3 is 2.30 bits per heavy atom. The van der Waals surface area contributed by atoms with Crippen molar-refractivity contribution in [2.45, 2.75) is 13.8 Å². The van der Waals surface area contributed by atoms with Gasteiger partial charge < -0.3 is 20.0 Å². The zero-order valence-electron chi connectivity index (χ0n) is 17.0. The minimum Gasteiger partial charge on any atom is -0.444 e. The zero-order chi connectivity index (χ0) is 21.7. The van der Waals surface area contributed by atoms with Gasteiger partial charge in [0.2, 0.25) is 11.8 Å². The lowest BCUT2D eigenvalue weighted by molar-refractivity contribution is -0.132. The molecule has 2 heterocycles. The molecule has 8 nitrogen and oxygen atoms in total. The molecule has 1 aromatic carbocycles. The van der Waals surface area contributed by atoms with Crippen molar-refractivity contribution in [1.29, 1.82) is 0 Å². The van der Waals surface area contributed by atoms with E-state index in [1.54, 1.807) is 11.0 Å². The molecular formula is C21H25BrN4O4. The number of carbonyl (C=O) groups is 3. The van der Waals surface area contributed by atoms with Gasteiger partial charge in [0.05, 0.1) is 13.1 Å². The molecule has 1 aromatic heterocycles. The summed E-state index contributed by atoms with van der Waals surface area (Å²) >= 11 is 3.14. The van der Waals surface area contributed by atoms with E-state index in [1.165, 1.54) is 6.07 Å². The van der Waals surface area contributed by atoms with Gasteiger partial charge in [-0.2, -0.15) is 0 Å². The predicted molar refractivity (Wildman–Crippen MR) is 116 cm³/mol. The fourth-order valence-corrected chi connectivity index (χ4v) is 3.65. The molecule has 1 aliphatic rings. The van der Waals surface area contributed by atoms with E-state index >= 15 is 0 Å². The Balaban J connectivity index is 1.41. The number of piperazine rings is 1. The quantitative estimate of drug-likeness (QED) is 0.665. The molecule has 1 fully saturated rings. The summed E-state index contributed by atoms with van der Waals surface area (Å²) < 4.78 is 5.62. The monoisotopic (exact) mass is 476 g/mol. The van der Waals surface area contributed by atoms with Crippen LogP contribution in [0.15, 0.2) is 39.4 Å². The Kier molecular flexibility index (Phi) is 7.28. The van der Waals surface area contributed by atoms with Gasteiger partial charge in [-0.3, -0.25) is 19.3 Å². The molecule has 0 aliphatic carbocycles. The number of halogens is 1. The van der Waals surface area contributed by atoms with E-state index in [4.69, 9.17) is 4.42 Å². The predicted octanol–water partition coefficient (Wildman–Crippen LogP) is 2.17. The molecule has 1 saturated heterocycles. The topological polar surface area (TPSA) is 94.9 Å². The van der Waals surface area contributed by atoms with Crippen molar-refractivity contribution in [1.82, 2.24) is 15.1 Å². The first kappa shape index (κ1) is 22.0. The number of hydrogen-bond acceptors (Lipinski definition) is 5. The average Bonchev–Trinajstić information content (AvgIpc) is 3.16. The molecular weight excluding hydrogens is 452 g/mol. The van der Waals surface area contributed by atoms with Crippen molar-refractivity contribution in [2.75, 3.05) is 44.6 Å². The standard InChI is InChI=1S/C21H25BrN4O4/c1-14-4-3-5-15(2)20(14)24-18(27)13-25-8-10-26(11-9-25)19(28)12-23-21(29)16-6-7-17(22)30-16/h3-7H,8-13H2,1-2H3,(H,23,29)(H,24,27). The molecule has 0 bridgehead atoms. The van der Waals surface area contributed by atoms with Crippen LogP contribution < -0.4 is 10.6 Å². The first-order valence-electron chi connectivity index (χ1n) is 9.73. The van der Waals surface area contributed by atoms with Crippen LogP contribution in [0.1, 0.15) is 21.7 Å². The number of benzene rings is 1. The van der Waals surface area contributed by atoms with Gasteiger partial charge in [-0.05, 0) is 53.0 Å². The maximum atomic E-state index is 12.4. The lowest BCUT2D eigenvalue weighted by Gasteiger charge is -2.34. The number of para-hydroxylation sites is 1. The van der Waals surface area contributed by atoms with E-state index in [2.05, 4.69) is 26.6 Å². The molecule has 9 heteroatoms. The third-order valence-electron chi connectivity index (χ3n) is 5.03. The lowest BCUT2D eigenvalue weighted by atomic mass is 10.1. The first-order valence-corrected chi connectivity index (χ1v) is 10.5. The van der Waals surface area contributed by atoms with Gasteiger partial charge in [0.1, 0.15) is 0 Å². The fraction of sp³-hybridized carbons (Fsp3) is 0.381. The molecule has 2 N–H and O–H groups in total. The molecule has 160 valence electrons. The molecule has 30 heavy (non-hydrogen) atoms. The van der Waals surface area contributed by atoms with E-state index in [0.717, 1.165) is 16.8 Å². The highest BCUT2D eigenvalue weighted by Gasteiger charge is 2.23. The van der Waals surface area contributed by atoms with Gasteiger partial charge in [0.15, 0.2) is 10.4 Å². The molecule has 0 radical (unpaired) electrons. The molecule has 2 aromatic rings. The molecule has 0 unspecified atom stereocenters. The normalized spacial score (nSPS) is 14.4. The highest BCUT2D eigenvalue weighted by molar-refractivity contribution is 9.10. The summed E-state index contributed by atoms with van der Waals surface area (Å²) in [5, 5.41) is 5.56. The average molecular weight is 477 g/mol. The van der Waals surface area contributed by atoms with Crippen LogP contribution in [0.3, 0.4) is 0 Å². The fourth-order valence-electron chi connectivity index (χ4n) is 3.34. The van der Waals surface area contributed by atoms with Gasteiger partial charge in [-0.25, -0.2) is 0 Å². The Bertz CT molecular complexity index is 915. The number of nitrogens with zero attached hydrogens (tertiary/aromatic N) is 2. The molecule has 0 spiro atoms. The highest BCUT2D eigenvalue weighted by Crippen LogP contribution is 2.19. The molecule has 3 rings (SSSR count). The second kappa shape index (κ2) is 9.90. The van der Waals surface area contributed by atoms with E-state index in [0.29, 0.717) is 30.8 Å². The Hall–Kier alpha value is -2.65. The van der Waals surface area contributed by atoms with Crippen molar-refractivity contribution in [3.8, 4) is 0 Å². The second-order valence-corrected chi connectivity index (χ2v) is 8.04. The number of amides is 3. The van der Waals surface area contributed by atoms with Gasteiger partial charge in [-0.1, -0.05) is 18.2 Å². The van der Waals surface area contributed by atoms with Crippen LogP contribution in [0.25, 0.3) is 0 Å². The van der Waals surface area contributed by atoms with Crippen LogP contribution in [-0.4, -0.2) is 66.8 Å². The largest absolute Gasteiger partial charge is 0.444 e. The van der Waals surface area contributed by atoms with Crippen molar-refractivity contribution in [2.24, 2.45) is 0 Å². The number of nitrogens with one attached hydrogen (secondary N) is 2. The van der Waals surface area contributed by atoms with Crippen LogP contribution >= 0.6 is 15.9 Å². The van der Waals surface area contributed by atoms with Crippen LogP contribution in [-0.2, 0) is 9.59 Å². The molecule has 1 aliphatic heterocycles. The Morgan fingerprint density at radius 2 is 1.70 bits per heavy atom. The summed E-state index contributed by atoms with van der Waals surface area (Å²) in [6.07, 6.45) is 0. The maximum Gasteiger partial charge on any atom is 0.287 e. The van der Waals surface area contributed by atoms with Crippen LogP contribution in [0.2, 0.25) is 0 Å². The minimum absolute atomic E-state index is 0.0657. The van der Waals surface area contributed by atoms with Crippen LogP contribution in [0, 0.1) is 13.8 Å². The third kappa shape index (κ3) is 5.70. The van der Waals surface area contributed by atoms with Gasteiger partial charge in [0.25, 0.3) is 5.91 Å². The summed E-state index contributed by atoms with van der Waals surface area (Å²) in [7, 11) is 0. The van der Waals surface area contributed by atoms with Crippen molar-refractivity contribution in [3.63, 3.8) is 0 Å². The summed E-state index contributed by atoms with van der Waals surface area (Å²) in [5.74, 6) is -0.511. The van der Waals surface area contributed by atoms with E-state index in [-0.39, 0.29) is 30.7 Å². The first-order chi connectivity index (χ1) is 14.3. The van der Waals surface area contributed by atoms with Crippen molar-refractivity contribution < 1.29 is 18.8 Å². The summed E-state index contributed by atoms with van der Waals surface area (Å²) in [4.78, 5) is 40.5. The van der Waals surface area contributed by atoms with E-state index in [1.807, 2.05) is 36.9 Å². The van der Waals surface area contributed by atoms with Crippen LogP contribution in [0.5, 0.6) is 0 Å². The number of anilines is 1. The summed E-state index contributed by atoms with van der Waals surface area (Å²) in [6.45, 7) is 6.35. The van der Waals surface area contributed by atoms with Gasteiger partial charge in [-0.15, -0.1) is 0 Å². The maximum absolute atomic E-state index is 12.4. The smallest absolute Gasteiger partial charge is 0.287 e. The second-order valence-electron chi connectivity index (χ2n) is 7.26. The minimum atomic E-state index is -0.434. The molecule has 3 amide bonds. The number of hydrogen-bond donors (Lipinski definition) is 2. The van der Waals surface area contributed by atoms with Crippen molar-refractivity contribution >= 4 is 39.3 Å². The Morgan fingerprint density at radius 1 is 1.03 bits per heavy atom. The van der Waals surface area contributed by atoms with Crippen LogP contribution in [0.4, 0.5) is 5.69 Å². The molecule has 0 saturated carbocycles. The number of aryl methyl sites for hydroxylation is 2. The summed E-state index contributed by atoms with van der Waals surface area (Å²) in [6, 6.07) is 9.05. The highest BCUT2D eigenvalue weighted by atomic mass is 79.9. The van der Waals surface area contributed by atoms with Gasteiger partial charge in [0, 0.05) is 31.9 Å². The summed E-state index contributed by atoms with van der Waals surface area (Å²) in [5.41, 5.74) is 2.92. The SMILES string of the molecule is Cc1cccc(C)c1NC(=O)CN1CCN(C(=O)CNC(=O)c2ccc(Br)o2)CC1. The Labute approximate surface area is 183 Å². The van der Waals surface area contributed by atoms with E-state index < -0.39 is 5.91 Å². The lowest BCUT2D eigenvalue weighted by Crippen LogP contribution is -2.52. The molecule has 0 atom stereocenters. The van der Waals surface area contributed by atoms with Gasteiger partial charge >= 0.3 is 0 Å². The number of carbonyl (C=O) groups excluding carboxylic acids is 3. The van der Waals surface area contributed by atoms with E-state index in [9.17, 15) is 14.4 Å². The zero-order valence-corrected chi connectivity index (χ0v) is 18.6. The number of furan rings is 1. The third-order valence-corrected chi connectivity index (χ3v) is 5.46.